The summed E-state index contributed by atoms with van der Waals surface area (Å²) in [5.74, 6) is -0.401. The molecule has 5 heteroatoms. The fraction of sp³-hybridized carbons (Fsp3) is 0.462. The molecule has 1 fully saturated rings. The number of ether oxygens (including phenoxy) is 1. The van der Waals surface area contributed by atoms with E-state index in [9.17, 15) is 4.79 Å². The molecular weight excluding hydrogens is 296 g/mol. The van der Waals surface area contributed by atoms with Crippen LogP contribution in [0.1, 0.15) is 12.5 Å². The lowest BCUT2D eigenvalue weighted by Crippen LogP contribution is -2.56. The summed E-state index contributed by atoms with van der Waals surface area (Å²) >= 11 is 3.46. The first-order valence-corrected chi connectivity index (χ1v) is 6.69. The molecule has 1 aromatic carbocycles. The predicted molar refractivity (Wildman–Crippen MR) is 73.0 cm³/mol. The van der Waals surface area contributed by atoms with Crippen LogP contribution in [0, 0.1) is 0 Å². The number of carbonyl (C=O) groups is 1. The van der Waals surface area contributed by atoms with Crippen LogP contribution < -0.4 is 5.73 Å². The minimum atomic E-state index is -0.871. The molecule has 0 bridgehead atoms. The fourth-order valence-corrected chi connectivity index (χ4v) is 2.58. The summed E-state index contributed by atoms with van der Waals surface area (Å²) in [6, 6.07) is 8.16. The van der Waals surface area contributed by atoms with Gasteiger partial charge in [-0.1, -0.05) is 28.1 Å². The molecule has 2 N–H and O–H groups in total. The van der Waals surface area contributed by atoms with Gasteiger partial charge >= 0.3 is 0 Å². The number of hydrogen-bond acceptors (Lipinski definition) is 3. The predicted octanol–water partition coefficient (Wildman–Crippen LogP) is 1.53. The summed E-state index contributed by atoms with van der Waals surface area (Å²) in [7, 11) is 0. The third-order valence-corrected chi connectivity index (χ3v) is 3.66. The van der Waals surface area contributed by atoms with E-state index in [2.05, 4.69) is 33.0 Å². The Balaban J connectivity index is 2.04. The summed E-state index contributed by atoms with van der Waals surface area (Å²) in [5, 5.41) is 0. The largest absolute Gasteiger partial charge is 0.367 e. The molecule has 0 unspecified atom stereocenters. The number of halogens is 1. The van der Waals surface area contributed by atoms with E-state index >= 15 is 0 Å². The Kier molecular flexibility index (Phi) is 4.04. The zero-order valence-corrected chi connectivity index (χ0v) is 11.9. The number of carbonyl (C=O) groups excluding carboxylic acids is 1. The first-order valence-electron chi connectivity index (χ1n) is 5.90. The van der Waals surface area contributed by atoms with E-state index in [1.54, 1.807) is 6.92 Å². The molecule has 0 spiro atoms. The van der Waals surface area contributed by atoms with Crippen LogP contribution in [0.15, 0.2) is 28.7 Å². The van der Waals surface area contributed by atoms with Gasteiger partial charge in [0.25, 0.3) is 5.91 Å². The van der Waals surface area contributed by atoms with Gasteiger partial charge in [-0.05, 0) is 24.6 Å². The third kappa shape index (κ3) is 3.10. The average Bonchev–Trinajstić information content (AvgIpc) is 2.29. The van der Waals surface area contributed by atoms with Crippen LogP contribution in [-0.2, 0) is 16.1 Å². The Morgan fingerprint density at radius 2 is 2.39 bits per heavy atom. The van der Waals surface area contributed by atoms with Crippen LogP contribution in [0.2, 0.25) is 0 Å². The first-order chi connectivity index (χ1) is 8.49. The summed E-state index contributed by atoms with van der Waals surface area (Å²) in [6.07, 6.45) is 0. The van der Waals surface area contributed by atoms with Gasteiger partial charge < -0.3 is 10.5 Å². The lowest BCUT2D eigenvalue weighted by atomic mass is 10.0. The van der Waals surface area contributed by atoms with Crippen LogP contribution >= 0.6 is 15.9 Å². The molecule has 98 valence electrons. The van der Waals surface area contributed by atoms with E-state index in [4.69, 9.17) is 10.5 Å². The average molecular weight is 313 g/mol. The number of benzene rings is 1. The molecule has 1 atom stereocenters. The van der Waals surface area contributed by atoms with E-state index < -0.39 is 11.5 Å². The molecule has 1 amide bonds. The monoisotopic (exact) mass is 312 g/mol. The molecule has 0 saturated carbocycles. The van der Waals surface area contributed by atoms with Gasteiger partial charge in [0.05, 0.1) is 6.61 Å². The van der Waals surface area contributed by atoms with Gasteiger partial charge in [0, 0.05) is 24.1 Å². The van der Waals surface area contributed by atoms with Gasteiger partial charge in [-0.15, -0.1) is 0 Å². The molecule has 1 heterocycles. The maximum Gasteiger partial charge on any atom is 0.250 e. The smallest absolute Gasteiger partial charge is 0.250 e. The van der Waals surface area contributed by atoms with Crippen LogP contribution in [0.25, 0.3) is 0 Å². The Labute approximate surface area is 115 Å². The number of rotatable bonds is 3. The molecule has 2 rings (SSSR count). The van der Waals surface area contributed by atoms with Crippen molar-refractivity contribution in [1.29, 1.82) is 0 Å². The molecule has 1 aromatic rings. The second-order valence-electron chi connectivity index (χ2n) is 4.78. The normalized spacial score (nSPS) is 25.0. The summed E-state index contributed by atoms with van der Waals surface area (Å²) in [6.45, 7) is 4.44. The summed E-state index contributed by atoms with van der Waals surface area (Å²) < 4.78 is 6.55. The van der Waals surface area contributed by atoms with Gasteiger partial charge in [0.15, 0.2) is 5.60 Å². The Hall–Kier alpha value is -0.910. The van der Waals surface area contributed by atoms with E-state index in [1.165, 1.54) is 5.56 Å². The summed E-state index contributed by atoms with van der Waals surface area (Å²) in [4.78, 5) is 13.6. The van der Waals surface area contributed by atoms with E-state index in [0.29, 0.717) is 13.2 Å². The van der Waals surface area contributed by atoms with Crippen molar-refractivity contribution < 1.29 is 9.53 Å². The molecule has 1 saturated heterocycles. The number of morpholine rings is 1. The van der Waals surface area contributed by atoms with Crippen molar-refractivity contribution in [2.45, 2.75) is 19.1 Å². The first kappa shape index (κ1) is 13.5. The van der Waals surface area contributed by atoms with Crippen molar-refractivity contribution in [3.05, 3.63) is 34.3 Å². The van der Waals surface area contributed by atoms with Gasteiger partial charge in [-0.2, -0.15) is 0 Å². The summed E-state index contributed by atoms with van der Waals surface area (Å²) in [5.41, 5.74) is 5.72. The van der Waals surface area contributed by atoms with Gasteiger partial charge in [0.2, 0.25) is 0 Å². The highest BCUT2D eigenvalue weighted by atomic mass is 79.9. The second-order valence-corrected chi connectivity index (χ2v) is 5.70. The highest BCUT2D eigenvalue weighted by molar-refractivity contribution is 9.10. The Morgan fingerprint density at radius 3 is 3.06 bits per heavy atom. The zero-order chi connectivity index (χ0) is 13.2. The van der Waals surface area contributed by atoms with Crippen molar-refractivity contribution in [2.24, 2.45) is 5.73 Å². The second kappa shape index (κ2) is 5.38. The van der Waals surface area contributed by atoms with Crippen LogP contribution in [0.3, 0.4) is 0 Å². The SMILES string of the molecule is C[C@@]1(C(N)=O)CN(Cc2cccc(Br)c2)CCO1. The van der Waals surface area contributed by atoms with Crippen molar-refractivity contribution in [3.8, 4) is 0 Å². The molecular formula is C13H17BrN2O2. The fourth-order valence-electron chi connectivity index (χ4n) is 2.13. The van der Waals surface area contributed by atoms with Crippen molar-refractivity contribution >= 4 is 21.8 Å². The maximum absolute atomic E-state index is 11.4. The number of nitrogens with two attached hydrogens (primary N) is 1. The zero-order valence-electron chi connectivity index (χ0n) is 10.4. The highest BCUT2D eigenvalue weighted by Crippen LogP contribution is 2.20. The number of nitrogens with zero attached hydrogens (tertiary/aromatic N) is 1. The topological polar surface area (TPSA) is 55.6 Å². The van der Waals surface area contributed by atoms with Gasteiger partial charge in [-0.25, -0.2) is 0 Å². The minimum absolute atomic E-state index is 0.401. The number of hydrogen-bond donors (Lipinski definition) is 1. The quantitative estimate of drug-likeness (QED) is 0.921. The van der Waals surface area contributed by atoms with Crippen molar-refractivity contribution in [3.63, 3.8) is 0 Å². The lowest BCUT2D eigenvalue weighted by molar-refractivity contribution is -0.153. The van der Waals surface area contributed by atoms with E-state index in [-0.39, 0.29) is 0 Å². The highest BCUT2D eigenvalue weighted by Gasteiger charge is 2.37. The minimum Gasteiger partial charge on any atom is -0.367 e. The molecule has 0 aliphatic carbocycles. The third-order valence-electron chi connectivity index (χ3n) is 3.17. The standard InChI is InChI=1S/C13H17BrN2O2/c1-13(12(15)17)9-16(5-6-18-13)8-10-3-2-4-11(14)7-10/h2-4,7H,5-6,8-9H2,1H3,(H2,15,17)/t13-/m0/s1. The molecule has 1 aliphatic heterocycles. The molecule has 1 aliphatic rings. The van der Waals surface area contributed by atoms with Crippen molar-refractivity contribution in [2.75, 3.05) is 19.7 Å². The van der Waals surface area contributed by atoms with E-state index in [1.807, 2.05) is 12.1 Å². The van der Waals surface area contributed by atoms with Crippen LogP contribution in [0.4, 0.5) is 0 Å². The molecule has 18 heavy (non-hydrogen) atoms. The van der Waals surface area contributed by atoms with Crippen LogP contribution in [0.5, 0.6) is 0 Å². The number of primary amides is 1. The van der Waals surface area contributed by atoms with Gasteiger partial charge in [0.1, 0.15) is 0 Å². The molecule has 0 aromatic heterocycles. The lowest BCUT2D eigenvalue weighted by Gasteiger charge is -2.38. The van der Waals surface area contributed by atoms with Gasteiger partial charge in [-0.3, -0.25) is 9.69 Å². The van der Waals surface area contributed by atoms with E-state index in [0.717, 1.165) is 17.6 Å². The number of amides is 1. The molecule has 4 nitrogen and oxygen atoms in total. The molecule has 0 radical (unpaired) electrons. The Bertz CT molecular complexity index is 452. The maximum atomic E-state index is 11.4. The van der Waals surface area contributed by atoms with Crippen molar-refractivity contribution in [1.82, 2.24) is 4.90 Å². The Morgan fingerprint density at radius 1 is 1.61 bits per heavy atom. The van der Waals surface area contributed by atoms with Crippen LogP contribution in [-0.4, -0.2) is 36.1 Å².